The number of benzene rings is 1. The highest BCUT2D eigenvalue weighted by Gasteiger charge is 2.21. The topological polar surface area (TPSA) is 55.0 Å². The molecule has 2 rings (SSSR count). The van der Waals surface area contributed by atoms with E-state index in [4.69, 9.17) is 4.74 Å². The molecule has 0 aliphatic heterocycles. The lowest BCUT2D eigenvalue weighted by molar-refractivity contribution is -0.140. The number of fused-ring (bicyclic) bond motifs is 1. The van der Waals surface area contributed by atoms with Crippen LogP contribution in [-0.4, -0.2) is 28.3 Å². The number of ether oxygens (including phenoxy) is 1. The van der Waals surface area contributed by atoms with Crippen molar-refractivity contribution in [3.8, 4) is 0 Å². The maximum atomic E-state index is 11.8. The van der Waals surface area contributed by atoms with Crippen LogP contribution in [-0.2, 0) is 9.53 Å². The van der Waals surface area contributed by atoms with Gasteiger partial charge in [0.15, 0.2) is 5.16 Å². The zero-order valence-corrected chi connectivity index (χ0v) is 12.0. The van der Waals surface area contributed by atoms with Gasteiger partial charge in [0.25, 0.3) is 0 Å². The summed E-state index contributed by atoms with van der Waals surface area (Å²) >= 11 is 1.45. The molecule has 1 unspecified atom stereocenters. The molecule has 102 valence electrons. The minimum Gasteiger partial charge on any atom is -0.468 e. The highest BCUT2D eigenvalue weighted by atomic mass is 32.2. The maximum Gasteiger partial charge on any atom is 0.319 e. The summed E-state index contributed by atoms with van der Waals surface area (Å²) in [6.07, 6.45) is 2.88. The SMILES string of the molecule is CCCCC(Sc1nc2ccccc2[nH]1)C(=O)OC. The van der Waals surface area contributed by atoms with E-state index in [1.165, 1.54) is 18.9 Å². The fraction of sp³-hybridized carbons (Fsp3) is 0.429. The van der Waals surface area contributed by atoms with Gasteiger partial charge in [-0.3, -0.25) is 4.79 Å². The number of hydrogen-bond acceptors (Lipinski definition) is 4. The molecule has 4 nitrogen and oxygen atoms in total. The number of H-pyrrole nitrogens is 1. The Morgan fingerprint density at radius 3 is 2.95 bits per heavy atom. The first-order valence-corrected chi connectivity index (χ1v) is 7.31. The lowest BCUT2D eigenvalue weighted by Crippen LogP contribution is -2.18. The number of aromatic amines is 1. The van der Waals surface area contributed by atoms with Gasteiger partial charge in [0.2, 0.25) is 0 Å². The van der Waals surface area contributed by atoms with Crippen molar-refractivity contribution in [2.45, 2.75) is 36.6 Å². The molecule has 0 spiro atoms. The van der Waals surface area contributed by atoms with Gasteiger partial charge >= 0.3 is 5.97 Å². The fourth-order valence-corrected chi connectivity index (χ4v) is 2.93. The Labute approximate surface area is 116 Å². The molecular formula is C14H18N2O2S. The Morgan fingerprint density at radius 2 is 2.26 bits per heavy atom. The molecule has 1 heterocycles. The van der Waals surface area contributed by atoms with E-state index in [0.29, 0.717) is 0 Å². The number of rotatable bonds is 6. The van der Waals surface area contributed by atoms with Gasteiger partial charge in [0.05, 0.1) is 18.1 Å². The van der Waals surface area contributed by atoms with E-state index in [-0.39, 0.29) is 11.2 Å². The minimum absolute atomic E-state index is 0.182. The number of carbonyl (C=O) groups excluding carboxylic acids is 1. The summed E-state index contributed by atoms with van der Waals surface area (Å²) in [5.74, 6) is -0.182. The van der Waals surface area contributed by atoms with Gasteiger partial charge in [-0.15, -0.1) is 0 Å². The second kappa shape index (κ2) is 6.61. The molecular weight excluding hydrogens is 260 g/mol. The van der Waals surface area contributed by atoms with Crippen LogP contribution in [0.1, 0.15) is 26.2 Å². The normalized spacial score (nSPS) is 12.5. The van der Waals surface area contributed by atoms with E-state index in [1.54, 1.807) is 0 Å². The summed E-state index contributed by atoms with van der Waals surface area (Å²) in [6, 6.07) is 7.84. The van der Waals surface area contributed by atoms with Crippen LogP contribution in [0.4, 0.5) is 0 Å². The predicted octanol–water partition coefficient (Wildman–Crippen LogP) is 3.39. The standard InChI is InChI=1S/C14H18N2O2S/c1-3-4-9-12(13(17)18-2)19-14-15-10-7-5-6-8-11(10)16-14/h5-8,12H,3-4,9H2,1-2H3,(H,15,16). The number of para-hydroxylation sites is 2. The van der Waals surface area contributed by atoms with Crippen molar-refractivity contribution in [1.82, 2.24) is 9.97 Å². The molecule has 5 heteroatoms. The van der Waals surface area contributed by atoms with Crippen LogP contribution >= 0.6 is 11.8 Å². The van der Waals surface area contributed by atoms with Gasteiger partial charge in [-0.25, -0.2) is 4.98 Å². The van der Waals surface area contributed by atoms with Crippen molar-refractivity contribution in [1.29, 1.82) is 0 Å². The zero-order valence-electron chi connectivity index (χ0n) is 11.2. The summed E-state index contributed by atoms with van der Waals surface area (Å²) < 4.78 is 4.85. The average molecular weight is 278 g/mol. The van der Waals surface area contributed by atoms with Crippen LogP contribution < -0.4 is 0 Å². The Kier molecular flexibility index (Phi) is 4.85. The number of nitrogens with one attached hydrogen (secondary N) is 1. The molecule has 1 aromatic heterocycles. The van der Waals surface area contributed by atoms with Gasteiger partial charge < -0.3 is 9.72 Å². The van der Waals surface area contributed by atoms with Crippen LogP contribution in [0.15, 0.2) is 29.4 Å². The van der Waals surface area contributed by atoms with Crippen LogP contribution in [0, 0.1) is 0 Å². The van der Waals surface area contributed by atoms with Gasteiger partial charge in [-0.1, -0.05) is 43.7 Å². The number of imidazole rings is 1. The van der Waals surface area contributed by atoms with Crippen LogP contribution in [0.5, 0.6) is 0 Å². The number of unbranched alkanes of at least 4 members (excludes halogenated alkanes) is 1. The second-order valence-corrected chi connectivity index (χ2v) is 5.52. The summed E-state index contributed by atoms with van der Waals surface area (Å²) in [5.41, 5.74) is 1.91. The van der Waals surface area contributed by atoms with E-state index in [2.05, 4.69) is 16.9 Å². The minimum atomic E-state index is -0.189. The molecule has 2 aromatic rings. The number of hydrogen-bond donors (Lipinski definition) is 1. The molecule has 1 atom stereocenters. The van der Waals surface area contributed by atoms with Gasteiger partial charge in [-0.05, 0) is 18.6 Å². The molecule has 0 aliphatic rings. The van der Waals surface area contributed by atoms with Crippen molar-refractivity contribution in [3.63, 3.8) is 0 Å². The number of aromatic nitrogens is 2. The maximum absolute atomic E-state index is 11.8. The number of methoxy groups -OCH3 is 1. The number of carbonyl (C=O) groups is 1. The van der Waals surface area contributed by atoms with Gasteiger partial charge in [0.1, 0.15) is 5.25 Å². The van der Waals surface area contributed by atoms with Crippen molar-refractivity contribution in [3.05, 3.63) is 24.3 Å². The molecule has 0 radical (unpaired) electrons. The smallest absolute Gasteiger partial charge is 0.319 e. The molecule has 19 heavy (non-hydrogen) atoms. The van der Waals surface area contributed by atoms with E-state index < -0.39 is 0 Å². The lowest BCUT2D eigenvalue weighted by Gasteiger charge is -2.11. The highest BCUT2D eigenvalue weighted by Crippen LogP contribution is 2.27. The quantitative estimate of drug-likeness (QED) is 0.650. The van der Waals surface area contributed by atoms with Crippen LogP contribution in [0.25, 0.3) is 11.0 Å². The number of esters is 1. The van der Waals surface area contributed by atoms with Gasteiger partial charge in [0, 0.05) is 0 Å². The molecule has 0 aliphatic carbocycles. The number of nitrogens with zero attached hydrogens (tertiary/aromatic N) is 1. The third kappa shape index (κ3) is 3.50. The van der Waals surface area contributed by atoms with E-state index in [9.17, 15) is 4.79 Å². The van der Waals surface area contributed by atoms with E-state index >= 15 is 0 Å². The summed E-state index contributed by atoms with van der Waals surface area (Å²) in [4.78, 5) is 19.5. The monoisotopic (exact) mass is 278 g/mol. The molecule has 0 amide bonds. The molecule has 1 N–H and O–H groups in total. The highest BCUT2D eigenvalue weighted by molar-refractivity contribution is 8.00. The lowest BCUT2D eigenvalue weighted by atomic mass is 10.2. The molecule has 1 aromatic carbocycles. The molecule has 0 saturated carbocycles. The van der Waals surface area contributed by atoms with Crippen LogP contribution in [0.3, 0.4) is 0 Å². The Balaban J connectivity index is 2.13. The Hall–Kier alpha value is -1.49. The van der Waals surface area contributed by atoms with E-state index in [1.807, 2.05) is 24.3 Å². The average Bonchev–Trinajstić information content (AvgIpc) is 2.84. The molecule has 0 bridgehead atoms. The van der Waals surface area contributed by atoms with E-state index in [0.717, 1.165) is 35.5 Å². The zero-order chi connectivity index (χ0) is 13.7. The summed E-state index contributed by atoms with van der Waals surface area (Å²) in [7, 11) is 1.43. The molecule has 0 fully saturated rings. The Bertz CT molecular complexity index is 520. The number of thioether (sulfide) groups is 1. The first kappa shape index (κ1) is 13.9. The Morgan fingerprint density at radius 1 is 1.47 bits per heavy atom. The largest absolute Gasteiger partial charge is 0.468 e. The third-order valence-electron chi connectivity index (χ3n) is 2.91. The second-order valence-electron chi connectivity index (χ2n) is 4.33. The van der Waals surface area contributed by atoms with Gasteiger partial charge in [-0.2, -0.15) is 0 Å². The third-order valence-corrected chi connectivity index (χ3v) is 4.03. The fourth-order valence-electron chi connectivity index (χ4n) is 1.87. The van der Waals surface area contributed by atoms with Crippen molar-refractivity contribution in [2.75, 3.05) is 7.11 Å². The summed E-state index contributed by atoms with van der Waals surface area (Å²) in [5, 5.41) is 0.582. The van der Waals surface area contributed by atoms with Crippen molar-refractivity contribution >= 4 is 28.8 Å². The summed E-state index contributed by atoms with van der Waals surface area (Å²) in [6.45, 7) is 2.11. The first-order chi connectivity index (χ1) is 9.24. The predicted molar refractivity (Wildman–Crippen MR) is 77.3 cm³/mol. The van der Waals surface area contributed by atoms with Crippen molar-refractivity contribution in [2.24, 2.45) is 0 Å². The molecule has 0 saturated heterocycles. The van der Waals surface area contributed by atoms with Crippen LogP contribution in [0.2, 0.25) is 0 Å². The van der Waals surface area contributed by atoms with Crippen molar-refractivity contribution < 1.29 is 9.53 Å². The first-order valence-electron chi connectivity index (χ1n) is 6.43.